The minimum atomic E-state index is -3.77. The van der Waals surface area contributed by atoms with E-state index in [0.29, 0.717) is 25.1 Å². The SMILES string of the molecule is NC(=O)C(NC(=O)c1cccc(S(=O)(=O)N2CCc3sccc3C2)c1)c1ccccc1. The summed E-state index contributed by atoms with van der Waals surface area (Å²) < 4.78 is 27.8. The number of hydrogen-bond acceptors (Lipinski definition) is 5. The number of amides is 2. The van der Waals surface area contributed by atoms with Gasteiger partial charge in [-0.1, -0.05) is 36.4 Å². The summed E-state index contributed by atoms with van der Waals surface area (Å²) in [5.74, 6) is -1.29. The lowest BCUT2D eigenvalue weighted by Crippen LogP contribution is -2.38. The van der Waals surface area contributed by atoms with Crippen LogP contribution in [0.15, 0.2) is 70.9 Å². The number of carbonyl (C=O) groups is 2. The third kappa shape index (κ3) is 4.39. The fourth-order valence-corrected chi connectivity index (χ4v) is 5.91. The van der Waals surface area contributed by atoms with Crippen LogP contribution in [0.1, 0.15) is 32.4 Å². The van der Waals surface area contributed by atoms with Crippen molar-refractivity contribution in [3.63, 3.8) is 0 Å². The van der Waals surface area contributed by atoms with Gasteiger partial charge in [0.25, 0.3) is 5.91 Å². The number of benzene rings is 2. The molecule has 2 aromatic carbocycles. The van der Waals surface area contributed by atoms with Gasteiger partial charge in [-0.2, -0.15) is 4.31 Å². The summed E-state index contributed by atoms with van der Waals surface area (Å²) in [6, 6.07) is 15.4. The number of sulfonamides is 1. The molecular weight excluding hydrogens is 434 g/mol. The number of primary amides is 1. The van der Waals surface area contributed by atoms with Crippen LogP contribution >= 0.6 is 11.3 Å². The Balaban J connectivity index is 1.56. The number of thiophene rings is 1. The van der Waals surface area contributed by atoms with Gasteiger partial charge in [0.1, 0.15) is 6.04 Å². The Labute approximate surface area is 184 Å². The summed E-state index contributed by atoms with van der Waals surface area (Å²) in [6.07, 6.45) is 0.670. The normalized spacial score (nSPS) is 15.1. The van der Waals surface area contributed by atoms with Crippen molar-refractivity contribution in [2.75, 3.05) is 6.54 Å². The van der Waals surface area contributed by atoms with Gasteiger partial charge in [-0.15, -0.1) is 11.3 Å². The highest BCUT2D eigenvalue weighted by atomic mass is 32.2. The first-order chi connectivity index (χ1) is 14.9. The molecule has 2 amide bonds. The molecule has 0 saturated heterocycles. The summed E-state index contributed by atoms with van der Waals surface area (Å²) in [5, 5.41) is 4.56. The Morgan fingerprint density at radius 2 is 1.84 bits per heavy atom. The zero-order valence-corrected chi connectivity index (χ0v) is 18.2. The highest BCUT2D eigenvalue weighted by Gasteiger charge is 2.29. The Morgan fingerprint density at radius 3 is 2.58 bits per heavy atom. The molecule has 0 fully saturated rings. The van der Waals surface area contributed by atoms with E-state index in [4.69, 9.17) is 5.73 Å². The third-order valence-electron chi connectivity index (χ3n) is 5.20. The third-order valence-corrected chi connectivity index (χ3v) is 8.06. The molecule has 0 saturated carbocycles. The minimum Gasteiger partial charge on any atom is -0.368 e. The maximum atomic E-state index is 13.2. The van der Waals surface area contributed by atoms with E-state index in [9.17, 15) is 18.0 Å². The van der Waals surface area contributed by atoms with Gasteiger partial charge in [0.2, 0.25) is 15.9 Å². The zero-order chi connectivity index (χ0) is 22.0. The Hall–Kier alpha value is -3.01. The van der Waals surface area contributed by atoms with Gasteiger partial charge in [0, 0.05) is 23.5 Å². The van der Waals surface area contributed by atoms with Crippen LogP contribution in [0.5, 0.6) is 0 Å². The Morgan fingerprint density at radius 1 is 1.06 bits per heavy atom. The molecular formula is C22H21N3O4S2. The molecule has 1 unspecified atom stereocenters. The second-order valence-corrected chi connectivity index (χ2v) is 10.1. The first-order valence-corrected chi connectivity index (χ1v) is 12.0. The van der Waals surface area contributed by atoms with Crippen molar-refractivity contribution >= 4 is 33.2 Å². The van der Waals surface area contributed by atoms with E-state index >= 15 is 0 Å². The van der Waals surface area contributed by atoms with Crippen molar-refractivity contribution in [1.82, 2.24) is 9.62 Å². The molecule has 1 aromatic heterocycles. The molecule has 160 valence electrons. The molecule has 7 nitrogen and oxygen atoms in total. The second-order valence-electron chi connectivity index (χ2n) is 7.20. The van der Waals surface area contributed by atoms with Crippen LogP contribution in [0.3, 0.4) is 0 Å². The standard InChI is InChI=1S/C22H21N3O4S2/c23-21(26)20(15-5-2-1-3-6-15)24-22(27)16-7-4-8-18(13-16)31(28,29)25-11-9-19-17(14-25)10-12-30-19/h1-8,10,12-13,20H,9,11,14H2,(H2,23,26)(H,24,27). The summed E-state index contributed by atoms with van der Waals surface area (Å²) in [4.78, 5) is 25.9. The molecule has 9 heteroatoms. The number of rotatable bonds is 6. The topological polar surface area (TPSA) is 110 Å². The van der Waals surface area contributed by atoms with Gasteiger partial charge in [-0.25, -0.2) is 8.42 Å². The summed E-state index contributed by atoms with van der Waals surface area (Å²) in [7, 11) is -3.77. The average Bonchev–Trinajstić information content (AvgIpc) is 3.26. The maximum absolute atomic E-state index is 13.2. The molecule has 0 aliphatic carbocycles. The van der Waals surface area contributed by atoms with Crippen LogP contribution in [-0.2, 0) is 27.8 Å². The van der Waals surface area contributed by atoms with Crippen molar-refractivity contribution < 1.29 is 18.0 Å². The van der Waals surface area contributed by atoms with Crippen LogP contribution < -0.4 is 11.1 Å². The van der Waals surface area contributed by atoms with Crippen molar-refractivity contribution in [2.45, 2.75) is 23.9 Å². The maximum Gasteiger partial charge on any atom is 0.252 e. The van der Waals surface area contributed by atoms with Crippen LogP contribution in [0, 0.1) is 0 Å². The first kappa shape index (κ1) is 21.2. The van der Waals surface area contributed by atoms with Crippen LogP contribution in [0.4, 0.5) is 0 Å². The van der Waals surface area contributed by atoms with Gasteiger partial charge in [0.05, 0.1) is 4.90 Å². The molecule has 1 aliphatic heterocycles. The van der Waals surface area contributed by atoms with E-state index in [-0.39, 0.29) is 10.5 Å². The second kappa shape index (κ2) is 8.62. The smallest absolute Gasteiger partial charge is 0.252 e. The fraction of sp³-hybridized carbons (Fsp3) is 0.182. The highest BCUT2D eigenvalue weighted by molar-refractivity contribution is 7.89. The largest absolute Gasteiger partial charge is 0.368 e. The van der Waals surface area contributed by atoms with Crippen molar-refractivity contribution in [3.05, 3.63) is 87.6 Å². The highest BCUT2D eigenvalue weighted by Crippen LogP contribution is 2.28. The molecule has 4 rings (SSSR count). The number of carbonyl (C=O) groups excluding carboxylic acids is 2. The number of fused-ring (bicyclic) bond motifs is 1. The van der Waals surface area contributed by atoms with Gasteiger partial charge >= 0.3 is 0 Å². The van der Waals surface area contributed by atoms with Crippen LogP contribution in [0.2, 0.25) is 0 Å². The molecule has 3 N–H and O–H groups in total. The lowest BCUT2D eigenvalue weighted by atomic mass is 10.1. The lowest BCUT2D eigenvalue weighted by Gasteiger charge is -2.26. The Kier molecular flexibility index (Phi) is 5.90. The molecule has 0 bridgehead atoms. The van der Waals surface area contributed by atoms with E-state index in [1.165, 1.54) is 33.4 Å². The molecule has 0 spiro atoms. The summed E-state index contributed by atoms with van der Waals surface area (Å²) in [5.41, 5.74) is 7.17. The minimum absolute atomic E-state index is 0.0363. The van der Waals surface area contributed by atoms with E-state index < -0.39 is 27.9 Å². The van der Waals surface area contributed by atoms with Gasteiger partial charge in [0.15, 0.2) is 0 Å². The molecule has 1 aliphatic rings. The number of nitrogens with two attached hydrogens (primary N) is 1. The molecule has 2 heterocycles. The van der Waals surface area contributed by atoms with E-state index in [1.807, 2.05) is 11.4 Å². The van der Waals surface area contributed by atoms with E-state index in [1.54, 1.807) is 41.7 Å². The Bertz CT molecular complexity index is 1220. The van der Waals surface area contributed by atoms with Gasteiger partial charge in [-0.3, -0.25) is 9.59 Å². The average molecular weight is 456 g/mol. The van der Waals surface area contributed by atoms with Crippen LogP contribution in [0.25, 0.3) is 0 Å². The zero-order valence-electron chi connectivity index (χ0n) is 16.5. The number of nitrogens with one attached hydrogen (secondary N) is 1. The monoisotopic (exact) mass is 455 g/mol. The van der Waals surface area contributed by atoms with E-state index in [2.05, 4.69) is 5.32 Å². The fourth-order valence-electron chi connectivity index (χ4n) is 3.55. The number of nitrogens with zero attached hydrogens (tertiary/aromatic N) is 1. The predicted molar refractivity (Wildman–Crippen MR) is 118 cm³/mol. The molecule has 3 aromatic rings. The molecule has 31 heavy (non-hydrogen) atoms. The van der Waals surface area contributed by atoms with Gasteiger partial charge in [-0.05, 0) is 47.2 Å². The summed E-state index contributed by atoms with van der Waals surface area (Å²) in [6.45, 7) is 0.708. The lowest BCUT2D eigenvalue weighted by molar-refractivity contribution is -0.120. The van der Waals surface area contributed by atoms with Crippen molar-refractivity contribution in [3.8, 4) is 0 Å². The molecule has 1 atom stereocenters. The van der Waals surface area contributed by atoms with E-state index in [0.717, 1.165) is 5.56 Å². The van der Waals surface area contributed by atoms with Gasteiger partial charge < -0.3 is 11.1 Å². The predicted octanol–water partition coefficient (Wildman–Crippen LogP) is 2.45. The quantitative estimate of drug-likeness (QED) is 0.595. The first-order valence-electron chi connectivity index (χ1n) is 9.67. The van der Waals surface area contributed by atoms with Crippen molar-refractivity contribution in [2.24, 2.45) is 5.73 Å². The van der Waals surface area contributed by atoms with Crippen molar-refractivity contribution in [1.29, 1.82) is 0 Å². The van der Waals surface area contributed by atoms with Crippen LogP contribution in [-0.4, -0.2) is 31.1 Å². The number of hydrogen-bond donors (Lipinski definition) is 2. The summed E-state index contributed by atoms with van der Waals surface area (Å²) >= 11 is 1.63. The molecule has 0 radical (unpaired) electrons.